The van der Waals surface area contributed by atoms with Crippen LogP contribution in [0, 0.1) is 0 Å². The molecule has 3 heterocycles. The summed E-state index contributed by atoms with van der Waals surface area (Å²) in [5.74, 6) is 1.68. The summed E-state index contributed by atoms with van der Waals surface area (Å²) in [6.07, 6.45) is 1.19. The van der Waals surface area contributed by atoms with Gasteiger partial charge in [-0.15, -0.1) is 0 Å². The highest BCUT2D eigenvalue weighted by atomic mass is 16.5. The standard InChI is InChI=1S/C17H23N3O/c1-12(2)17-18-15-5-3-4-6-16(15)20(17)14-9-19(10-14)13-7-8-21-11-13/h3-6,12-14H,7-11H2,1-2H3. The zero-order chi connectivity index (χ0) is 14.4. The number of hydrogen-bond acceptors (Lipinski definition) is 3. The molecule has 0 N–H and O–H groups in total. The van der Waals surface area contributed by atoms with Crippen LogP contribution in [-0.4, -0.2) is 46.8 Å². The van der Waals surface area contributed by atoms with Crippen LogP contribution < -0.4 is 0 Å². The average Bonchev–Trinajstić information content (AvgIpc) is 3.05. The van der Waals surface area contributed by atoms with Gasteiger partial charge in [-0.2, -0.15) is 0 Å². The van der Waals surface area contributed by atoms with Crippen LogP contribution in [0.4, 0.5) is 0 Å². The number of nitrogens with zero attached hydrogens (tertiary/aromatic N) is 3. The van der Waals surface area contributed by atoms with E-state index in [0.717, 1.165) is 31.8 Å². The smallest absolute Gasteiger partial charge is 0.112 e. The third-order valence-electron chi connectivity index (χ3n) is 4.82. The Labute approximate surface area is 125 Å². The number of benzene rings is 1. The van der Waals surface area contributed by atoms with Crippen molar-refractivity contribution in [3.8, 4) is 0 Å². The maximum atomic E-state index is 5.51. The number of hydrogen-bond donors (Lipinski definition) is 0. The zero-order valence-corrected chi connectivity index (χ0v) is 12.8. The SMILES string of the molecule is CC(C)c1nc2ccccc2n1C1CN(C2CCOC2)C1. The molecule has 1 atom stereocenters. The summed E-state index contributed by atoms with van der Waals surface area (Å²) in [7, 11) is 0. The van der Waals surface area contributed by atoms with Crippen LogP contribution >= 0.6 is 0 Å². The topological polar surface area (TPSA) is 30.3 Å². The molecule has 2 fully saturated rings. The van der Waals surface area contributed by atoms with E-state index >= 15 is 0 Å². The lowest BCUT2D eigenvalue weighted by Crippen LogP contribution is -2.53. The van der Waals surface area contributed by atoms with E-state index in [4.69, 9.17) is 9.72 Å². The monoisotopic (exact) mass is 285 g/mol. The van der Waals surface area contributed by atoms with E-state index < -0.39 is 0 Å². The van der Waals surface area contributed by atoms with Crippen molar-refractivity contribution >= 4 is 11.0 Å². The van der Waals surface area contributed by atoms with Gasteiger partial charge in [-0.1, -0.05) is 26.0 Å². The Bertz CT molecular complexity index is 637. The van der Waals surface area contributed by atoms with Crippen molar-refractivity contribution in [2.24, 2.45) is 0 Å². The van der Waals surface area contributed by atoms with Gasteiger partial charge in [-0.3, -0.25) is 4.90 Å². The van der Waals surface area contributed by atoms with Crippen LogP contribution in [0.15, 0.2) is 24.3 Å². The molecule has 0 spiro atoms. The molecule has 2 aliphatic heterocycles. The maximum absolute atomic E-state index is 5.51. The molecule has 0 radical (unpaired) electrons. The zero-order valence-electron chi connectivity index (χ0n) is 12.8. The highest BCUT2D eigenvalue weighted by Crippen LogP contribution is 2.33. The first-order valence-electron chi connectivity index (χ1n) is 8.02. The van der Waals surface area contributed by atoms with Gasteiger partial charge in [0, 0.05) is 31.7 Å². The molecule has 21 heavy (non-hydrogen) atoms. The largest absolute Gasteiger partial charge is 0.380 e. The molecule has 0 saturated carbocycles. The Hall–Kier alpha value is -1.39. The molecule has 0 aliphatic carbocycles. The number of rotatable bonds is 3. The molecular formula is C17H23N3O. The Morgan fingerprint density at radius 1 is 1.19 bits per heavy atom. The van der Waals surface area contributed by atoms with Gasteiger partial charge in [0.25, 0.3) is 0 Å². The van der Waals surface area contributed by atoms with Crippen molar-refractivity contribution < 1.29 is 4.74 Å². The Kier molecular flexibility index (Phi) is 3.23. The highest BCUT2D eigenvalue weighted by molar-refractivity contribution is 5.76. The number of aromatic nitrogens is 2. The second-order valence-electron chi connectivity index (χ2n) is 6.61. The summed E-state index contributed by atoms with van der Waals surface area (Å²) in [5, 5.41) is 0. The van der Waals surface area contributed by atoms with Gasteiger partial charge >= 0.3 is 0 Å². The predicted octanol–water partition coefficient (Wildman–Crippen LogP) is 2.81. The summed E-state index contributed by atoms with van der Waals surface area (Å²) >= 11 is 0. The molecule has 2 aromatic rings. The van der Waals surface area contributed by atoms with Crippen LogP contribution in [-0.2, 0) is 4.74 Å². The Balaban J connectivity index is 1.62. The molecule has 4 heteroatoms. The van der Waals surface area contributed by atoms with Gasteiger partial charge < -0.3 is 9.30 Å². The first-order valence-corrected chi connectivity index (χ1v) is 8.02. The van der Waals surface area contributed by atoms with Gasteiger partial charge in [0.05, 0.1) is 23.7 Å². The molecule has 2 saturated heterocycles. The summed E-state index contributed by atoms with van der Waals surface area (Å²) in [4.78, 5) is 7.42. The fourth-order valence-corrected chi connectivity index (χ4v) is 3.61. The van der Waals surface area contributed by atoms with Crippen LogP contribution in [0.3, 0.4) is 0 Å². The van der Waals surface area contributed by atoms with Crippen LogP contribution in [0.2, 0.25) is 0 Å². The first kappa shape index (κ1) is 13.3. The summed E-state index contributed by atoms with van der Waals surface area (Å²) in [6, 6.07) is 9.72. The molecule has 1 aromatic carbocycles. The average molecular weight is 285 g/mol. The lowest BCUT2D eigenvalue weighted by Gasteiger charge is -2.44. The van der Waals surface area contributed by atoms with Gasteiger partial charge in [0.2, 0.25) is 0 Å². The quantitative estimate of drug-likeness (QED) is 0.868. The van der Waals surface area contributed by atoms with E-state index in [-0.39, 0.29) is 0 Å². The number of para-hydroxylation sites is 2. The lowest BCUT2D eigenvalue weighted by atomic mass is 10.0. The van der Waals surface area contributed by atoms with Crippen molar-refractivity contribution in [1.29, 1.82) is 0 Å². The van der Waals surface area contributed by atoms with Gasteiger partial charge in [0.15, 0.2) is 0 Å². The van der Waals surface area contributed by atoms with Crippen molar-refractivity contribution in [2.75, 3.05) is 26.3 Å². The second-order valence-corrected chi connectivity index (χ2v) is 6.61. The molecule has 112 valence electrons. The van der Waals surface area contributed by atoms with E-state index in [1.807, 2.05) is 0 Å². The summed E-state index contributed by atoms with van der Waals surface area (Å²) < 4.78 is 7.99. The van der Waals surface area contributed by atoms with Crippen LogP contribution in [0.1, 0.15) is 38.1 Å². The molecule has 4 nitrogen and oxygen atoms in total. The molecular weight excluding hydrogens is 262 g/mol. The second kappa shape index (κ2) is 5.11. The molecule has 1 unspecified atom stereocenters. The third-order valence-corrected chi connectivity index (χ3v) is 4.82. The van der Waals surface area contributed by atoms with Gasteiger partial charge in [0.1, 0.15) is 5.82 Å². The summed E-state index contributed by atoms with van der Waals surface area (Å²) in [6.45, 7) is 8.58. The number of fused-ring (bicyclic) bond motifs is 1. The molecule has 4 rings (SSSR count). The predicted molar refractivity (Wildman–Crippen MR) is 83.7 cm³/mol. The van der Waals surface area contributed by atoms with Crippen molar-refractivity contribution in [2.45, 2.75) is 38.3 Å². The highest BCUT2D eigenvalue weighted by Gasteiger charge is 2.36. The van der Waals surface area contributed by atoms with Crippen molar-refractivity contribution in [3.63, 3.8) is 0 Å². The molecule has 2 aliphatic rings. The minimum Gasteiger partial charge on any atom is -0.380 e. The van der Waals surface area contributed by atoms with Crippen molar-refractivity contribution in [3.05, 3.63) is 30.1 Å². The lowest BCUT2D eigenvalue weighted by molar-refractivity contribution is 0.0509. The fourth-order valence-electron chi connectivity index (χ4n) is 3.61. The maximum Gasteiger partial charge on any atom is 0.112 e. The number of imidazole rings is 1. The van der Waals surface area contributed by atoms with E-state index in [1.54, 1.807) is 0 Å². The van der Waals surface area contributed by atoms with E-state index in [1.165, 1.54) is 17.8 Å². The number of likely N-dealkylation sites (tertiary alicyclic amines) is 1. The summed E-state index contributed by atoms with van der Waals surface area (Å²) in [5.41, 5.74) is 2.41. The van der Waals surface area contributed by atoms with Crippen LogP contribution in [0.5, 0.6) is 0 Å². The Morgan fingerprint density at radius 3 is 2.71 bits per heavy atom. The first-order chi connectivity index (χ1) is 10.2. The van der Waals surface area contributed by atoms with Crippen molar-refractivity contribution in [1.82, 2.24) is 14.5 Å². The Morgan fingerprint density at radius 2 is 2.00 bits per heavy atom. The van der Waals surface area contributed by atoms with Gasteiger partial charge in [-0.25, -0.2) is 4.98 Å². The minimum atomic E-state index is 0.460. The van der Waals surface area contributed by atoms with E-state index in [9.17, 15) is 0 Å². The van der Waals surface area contributed by atoms with E-state index in [0.29, 0.717) is 18.0 Å². The normalized spacial score (nSPS) is 24.0. The minimum absolute atomic E-state index is 0.460. The molecule has 0 bridgehead atoms. The third kappa shape index (κ3) is 2.17. The molecule has 1 aromatic heterocycles. The van der Waals surface area contributed by atoms with Gasteiger partial charge in [-0.05, 0) is 18.6 Å². The fraction of sp³-hybridized carbons (Fsp3) is 0.588. The molecule has 0 amide bonds. The number of ether oxygens (including phenoxy) is 1. The van der Waals surface area contributed by atoms with Crippen LogP contribution in [0.25, 0.3) is 11.0 Å². The van der Waals surface area contributed by atoms with E-state index in [2.05, 4.69) is 47.6 Å².